The number of amidine groups is 1. The molecule has 2 unspecified atom stereocenters. The van der Waals surface area contributed by atoms with Gasteiger partial charge in [-0.25, -0.2) is 4.98 Å². The van der Waals surface area contributed by atoms with Crippen LogP contribution in [0, 0.1) is 0 Å². The number of aromatic nitrogens is 2. The minimum absolute atomic E-state index is 0.256. The highest BCUT2D eigenvalue weighted by Gasteiger charge is 2.19. The van der Waals surface area contributed by atoms with Crippen LogP contribution in [0.15, 0.2) is 76.9 Å². The fourth-order valence-corrected chi connectivity index (χ4v) is 4.95. The molecule has 4 rings (SSSR count). The highest BCUT2D eigenvalue weighted by molar-refractivity contribution is 8.14. The Bertz CT molecular complexity index is 999. The summed E-state index contributed by atoms with van der Waals surface area (Å²) in [5, 5.41) is 4.48. The van der Waals surface area contributed by atoms with Crippen molar-refractivity contribution in [1.82, 2.24) is 9.97 Å². The smallest absolute Gasteiger partial charge is 0.175 e. The van der Waals surface area contributed by atoms with Gasteiger partial charge in [-0.1, -0.05) is 43.0 Å². The summed E-state index contributed by atoms with van der Waals surface area (Å²) >= 11 is 3.46. The van der Waals surface area contributed by atoms with Crippen molar-refractivity contribution in [3.05, 3.63) is 72.7 Å². The van der Waals surface area contributed by atoms with E-state index in [2.05, 4.69) is 40.2 Å². The average Bonchev–Trinajstić information content (AvgIpc) is 3.19. The number of rotatable bonds is 7. The van der Waals surface area contributed by atoms with Crippen LogP contribution >= 0.6 is 23.5 Å². The molecule has 5 nitrogen and oxygen atoms in total. The molecule has 3 heterocycles. The number of thioether (sulfide) groups is 2. The molecule has 0 amide bonds. The maximum absolute atomic E-state index is 6.19. The molecule has 154 valence electrons. The molecule has 0 saturated heterocycles. The number of aliphatic imine (C=N–C) groups is 1. The topological polar surface area (TPSA) is 59.4 Å². The van der Waals surface area contributed by atoms with Crippen LogP contribution in [0.3, 0.4) is 0 Å². The molecule has 1 N–H and O–H groups in total. The molecule has 1 aliphatic rings. The summed E-state index contributed by atoms with van der Waals surface area (Å²) in [7, 11) is 0. The SMILES string of the molecule is CCC(Sc1cnc(NC2=NC(C)CS2)c(Oc2ccccc2)c1)c1ccccn1. The van der Waals surface area contributed by atoms with E-state index in [-0.39, 0.29) is 5.25 Å². The average molecular weight is 437 g/mol. The molecular weight excluding hydrogens is 412 g/mol. The lowest BCUT2D eigenvalue weighted by molar-refractivity contribution is 0.481. The second kappa shape index (κ2) is 10.00. The van der Waals surface area contributed by atoms with Crippen molar-refractivity contribution < 1.29 is 4.74 Å². The van der Waals surface area contributed by atoms with Crippen molar-refractivity contribution >= 4 is 34.5 Å². The highest BCUT2D eigenvalue weighted by Crippen LogP contribution is 2.40. The van der Waals surface area contributed by atoms with E-state index in [9.17, 15) is 0 Å². The van der Waals surface area contributed by atoms with Crippen LogP contribution in [0.4, 0.5) is 5.82 Å². The van der Waals surface area contributed by atoms with Crippen LogP contribution in [0.25, 0.3) is 0 Å². The lowest BCUT2D eigenvalue weighted by Crippen LogP contribution is -2.08. The Hall–Kier alpha value is -2.51. The predicted octanol–water partition coefficient (Wildman–Crippen LogP) is 6.42. The van der Waals surface area contributed by atoms with Crippen LogP contribution in [0.5, 0.6) is 11.5 Å². The molecule has 0 saturated carbocycles. The van der Waals surface area contributed by atoms with E-state index in [1.165, 1.54) is 0 Å². The molecule has 1 aromatic carbocycles. The first-order chi connectivity index (χ1) is 14.7. The molecule has 7 heteroatoms. The van der Waals surface area contributed by atoms with Crippen molar-refractivity contribution in [2.45, 2.75) is 36.5 Å². The van der Waals surface area contributed by atoms with Crippen LogP contribution in [-0.4, -0.2) is 26.9 Å². The second-order valence-corrected chi connectivity index (χ2v) is 9.21. The second-order valence-electron chi connectivity index (χ2n) is 6.92. The third kappa shape index (κ3) is 5.34. The standard InChI is InChI=1S/C23H24N4OS2/c1-3-21(19-11-7-8-12-24-19)30-18-13-20(28-17-9-5-4-6-10-17)22(25-14-18)27-23-26-16(2)15-29-23/h4-14,16,21H,3,15H2,1-2H3,(H,25,26,27). The first kappa shape index (κ1) is 20.8. The van der Waals surface area contributed by atoms with Gasteiger partial charge in [0.1, 0.15) is 5.75 Å². The van der Waals surface area contributed by atoms with Gasteiger partial charge in [-0.05, 0) is 43.7 Å². The van der Waals surface area contributed by atoms with Gasteiger partial charge in [0.05, 0.1) is 17.0 Å². The molecule has 3 aromatic rings. The van der Waals surface area contributed by atoms with Gasteiger partial charge in [-0.3, -0.25) is 9.98 Å². The van der Waals surface area contributed by atoms with Crippen LogP contribution in [0.1, 0.15) is 31.2 Å². The minimum Gasteiger partial charge on any atom is -0.453 e. The van der Waals surface area contributed by atoms with E-state index >= 15 is 0 Å². The van der Waals surface area contributed by atoms with Crippen LogP contribution in [-0.2, 0) is 0 Å². The number of anilines is 1. The summed E-state index contributed by atoms with van der Waals surface area (Å²) in [4.78, 5) is 14.9. The Morgan fingerprint density at radius 1 is 1.17 bits per heavy atom. The van der Waals surface area contributed by atoms with E-state index in [1.54, 1.807) is 23.5 Å². The first-order valence-corrected chi connectivity index (χ1v) is 11.9. The van der Waals surface area contributed by atoms with Crippen molar-refractivity contribution in [3.63, 3.8) is 0 Å². The Labute approximate surface area is 185 Å². The zero-order valence-corrected chi connectivity index (χ0v) is 18.6. The van der Waals surface area contributed by atoms with Crippen LogP contribution < -0.4 is 10.1 Å². The summed E-state index contributed by atoms with van der Waals surface area (Å²) in [5.74, 6) is 3.11. The summed E-state index contributed by atoms with van der Waals surface area (Å²) in [5.41, 5.74) is 1.07. The van der Waals surface area contributed by atoms with Crippen molar-refractivity contribution in [2.24, 2.45) is 4.99 Å². The number of pyridine rings is 2. The van der Waals surface area contributed by atoms with Crippen LogP contribution in [0.2, 0.25) is 0 Å². The fourth-order valence-electron chi connectivity index (χ4n) is 3.01. The maximum atomic E-state index is 6.19. The molecule has 0 bridgehead atoms. The number of nitrogens with zero attached hydrogens (tertiary/aromatic N) is 3. The number of hydrogen-bond acceptors (Lipinski definition) is 7. The number of ether oxygens (including phenoxy) is 1. The molecule has 2 aromatic heterocycles. The number of nitrogens with one attached hydrogen (secondary N) is 1. The zero-order valence-electron chi connectivity index (χ0n) is 17.0. The summed E-state index contributed by atoms with van der Waals surface area (Å²) in [6.45, 7) is 4.28. The lowest BCUT2D eigenvalue weighted by Gasteiger charge is -2.16. The number of para-hydroxylation sites is 1. The fraction of sp³-hybridized carbons (Fsp3) is 0.261. The largest absolute Gasteiger partial charge is 0.453 e. The first-order valence-electron chi connectivity index (χ1n) is 9.99. The molecule has 0 radical (unpaired) electrons. The Kier molecular flexibility index (Phi) is 6.92. The maximum Gasteiger partial charge on any atom is 0.175 e. The summed E-state index contributed by atoms with van der Waals surface area (Å²) in [6, 6.07) is 18.2. The van der Waals surface area contributed by atoms with Crippen molar-refractivity contribution in [3.8, 4) is 11.5 Å². The molecule has 0 spiro atoms. The Balaban J connectivity index is 1.60. The Morgan fingerprint density at radius 3 is 2.70 bits per heavy atom. The molecular formula is C23H24N4OS2. The number of hydrogen-bond donors (Lipinski definition) is 1. The quantitative estimate of drug-likeness (QED) is 0.432. The van der Waals surface area contributed by atoms with Gasteiger partial charge >= 0.3 is 0 Å². The Morgan fingerprint density at radius 2 is 2.00 bits per heavy atom. The predicted molar refractivity (Wildman–Crippen MR) is 127 cm³/mol. The van der Waals surface area contributed by atoms with E-state index in [1.807, 2.05) is 60.9 Å². The number of benzene rings is 1. The minimum atomic E-state index is 0.256. The van der Waals surface area contributed by atoms with Gasteiger partial charge in [-0.2, -0.15) is 0 Å². The third-order valence-electron chi connectivity index (χ3n) is 4.49. The van der Waals surface area contributed by atoms with Gasteiger partial charge in [0.2, 0.25) is 0 Å². The molecule has 0 fully saturated rings. The molecule has 1 aliphatic heterocycles. The molecule has 30 heavy (non-hydrogen) atoms. The van der Waals surface area contributed by atoms with E-state index in [0.29, 0.717) is 17.6 Å². The highest BCUT2D eigenvalue weighted by atomic mass is 32.2. The monoisotopic (exact) mass is 436 g/mol. The lowest BCUT2D eigenvalue weighted by atomic mass is 10.2. The van der Waals surface area contributed by atoms with Crippen molar-refractivity contribution in [1.29, 1.82) is 0 Å². The van der Waals surface area contributed by atoms with Crippen molar-refractivity contribution in [2.75, 3.05) is 11.1 Å². The normalized spacial score (nSPS) is 16.7. The van der Waals surface area contributed by atoms with Gasteiger partial charge < -0.3 is 10.1 Å². The van der Waals surface area contributed by atoms with Gasteiger partial charge in [0.25, 0.3) is 0 Å². The summed E-state index contributed by atoms with van der Waals surface area (Å²) in [6.07, 6.45) is 4.71. The van der Waals surface area contributed by atoms with E-state index in [4.69, 9.17) is 4.74 Å². The van der Waals surface area contributed by atoms with E-state index in [0.717, 1.165) is 33.7 Å². The van der Waals surface area contributed by atoms with E-state index < -0.39 is 0 Å². The summed E-state index contributed by atoms with van der Waals surface area (Å²) < 4.78 is 6.19. The molecule has 2 atom stereocenters. The molecule has 0 aliphatic carbocycles. The van der Waals surface area contributed by atoms with Gasteiger partial charge in [0.15, 0.2) is 16.7 Å². The van der Waals surface area contributed by atoms with Gasteiger partial charge in [-0.15, -0.1) is 11.8 Å². The zero-order chi connectivity index (χ0) is 20.8. The van der Waals surface area contributed by atoms with Gasteiger partial charge in [0, 0.05) is 23.0 Å². The third-order valence-corrected chi connectivity index (χ3v) is 6.97.